The molecule has 8 heteroatoms. The largest absolute Gasteiger partial charge is 0.345 e. The van der Waals surface area contributed by atoms with Gasteiger partial charge in [-0.1, -0.05) is 54.1 Å². The van der Waals surface area contributed by atoms with Crippen LogP contribution >= 0.6 is 11.6 Å². The zero-order valence-electron chi connectivity index (χ0n) is 17.0. The van der Waals surface area contributed by atoms with Crippen molar-refractivity contribution >= 4 is 29.1 Å². The van der Waals surface area contributed by atoms with Gasteiger partial charge in [0.2, 0.25) is 5.91 Å². The van der Waals surface area contributed by atoms with Crippen molar-refractivity contribution in [2.24, 2.45) is 0 Å². The molecule has 7 nitrogen and oxygen atoms in total. The number of rotatable bonds is 7. The lowest BCUT2D eigenvalue weighted by Crippen LogP contribution is -2.31. The van der Waals surface area contributed by atoms with Crippen molar-refractivity contribution in [1.29, 1.82) is 0 Å². The van der Waals surface area contributed by atoms with Gasteiger partial charge in [-0.2, -0.15) is 5.10 Å². The van der Waals surface area contributed by atoms with Crippen LogP contribution in [0.15, 0.2) is 91.4 Å². The van der Waals surface area contributed by atoms with Crippen LogP contribution in [0.4, 0.5) is 5.69 Å². The molecule has 0 radical (unpaired) electrons. The van der Waals surface area contributed by atoms with Crippen molar-refractivity contribution in [3.05, 3.63) is 108 Å². The summed E-state index contributed by atoms with van der Waals surface area (Å²) in [5, 5.41) is 10.2. The number of benzene rings is 2. The summed E-state index contributed by atoms with van der Waals surface area (Å²) >= 11 is 6.16. The second-order valence-electron chi connectivity index (χ2n) is 7.02. The van der Waals surface area contributed by atoms with Gasteiger partial charge in [0.1, 0.15) is 0 Å². The number of pyridine rings is 1. The van der Waals surface area contributed by atoms with E-state index >= 15 is 0 Å². The third-order valence-corrected chi connectivity index (χ3v) is 5.12. The van der Waals surface area contributed by atoms with Crippen LogP contribution in [0.1, 0.15) is 28.4 Å². The maximum Gasteiger partial charge on any atom is 0.253 e. The SMILES string of the molecule is O=C(CC(NC(=O)c1ccccc1Cl)c1ccccc1)Nc1ccc(-n2cccn2)nc1. The molecule has 2 aromatic carbocycles. The highest BCUT2D eigenvalue weighted by atomic mass is 35.5. The van der Waals surface area contributed by atoms with Crippen molar-refractivity contribution in [2.45, 2.75) is 12.5 Å². The topological polar surface area (TPSA) is 88.9 Å². The van der Waals surface area contributed by atoms with Gasteiger partial charge in [-0.3, -0.25) is 9.59 Å². The summed E-state index contributed by atoms with van der Waals surface area (Å²) in [4.78, 5) is 29.9. The van der Waals surface area contributed by atoms with Gasteiger partial charge in [-0.25, -0.2) is 9.67 Å². The minimum atomic E-state index is -0.531. The summed E-state index contributed by atoms with van der Waals surface area (Å²) in [5.41, 5.74) is 1.72. The number of carbonyl (C=O) groups is 2. The highest BCUT2D eigenvalue weighted by Crippen LogP contribution is 2.21. The summed E-state index contributed by atoms with van der Waals surface area (Å²) in [6.07, 6.45) is 5.06. The molecule has 0 spiro atoms. The van der Waals surface area contributed by atoms with Crippen LogP contribution in [0.5, 0.6) is 0 Å². The van der Waals surface area contributed by atoms with Crippen molar-refractivity contribution in [3.63, 3.8) is 0 Å². The molecule has 160 valence electrons. The van der Waals surface area contributed by atoms with Gasteiger partial charge in [-0.05, 0) is 35.9 Å². The Morgan fingerprint density at radius 1 is 0.969 bits per heavy atom. The van der Waals surface area contributed by atoms with Gasteiger partial charge in [0.25, 0.3) is 5.91 Å². The molecule has 1 atom stereocenters. The monoisotopic (exact) mass is 445 g/mol. The van der Waals surface area contributed by atoms with Gasteiger partial charge in [0.15, 0.2) is 5.82 Å². The highest BCUT2D eigenvalue weighted by Gasteiger charge is 2.20. The Kier molecular flexibility index (Phi) is 6.57. The fourth-order valence-electron chi connectivity index (χ4n) is 3.22. The summed E-state index contributed by atoms with van der Waals surface area (Å²) in [6, 6.07) is 20.9. The standard InChI is InChI=1S/C24H20ClN5O2/c25-20-10-5-4-9-19(20)24(32)29-21(17-7-2-1-3-8-17)15-23(31)28-18-11-12-22(26-16-18)30-14-6-13-27-30/h1-14,16,21H,15H2,(H,28,31)(H,29,32). The first kappa shape index (κ1) is 21.3. The molecule has 0 aliphatic heterocycles. The Labute approximate surface area is 190 Å². The molecule has 0 aliphatic carbocycles. The van der Waals surface area contributed by atoms with Gasteiger partial charge in [0, 0.05) is 12.4 Å². The number of nitrogens with one attached hydrogen (secondary N) is 2. The molecule has 2 heterocycles. The zero-order chi connectivity index (χ0) is 22.3. The van der Waals surface area contributed by atoms with Gasteiger partial charge in [-0.15, -0.1) is 0 Å². The number of aromatic nitrogens is 3. The van der Waals surface area contributed by atoms with Crippen LogP contribution in [0, 0.1) is 0 Å². The van der Waals surface area contributed by atoms with Crippen molar-refractivity contribution < 1.29 is 9.59 Å². The predicted octanol–water partition coefficient (Wildman–Crippen LogP) is 4.42. The number of hydrogen-bond acceptors (Lipinski definition) is 4. The Morgan fingerprint density at radius 3 is 2.44 bits per heavy atom. The second kappa shape index (κ2) is 9.89. The number of nitrogens with zero attached hydrogens (tertiary/aromatic N) is 3. The quantitative estimate of drug-likeness (QED) is 0.440. The van der Waals surface area contributed by atoms with Crippen molar-refractivity contribution in [3.8, 4) is 5.82 Å². The maximum absolute atomic E-state index is 12.8. The predicted molar refractivity (Wildman–Crippen MR) is 123 cm³/mol. The minimum Gasteiger partial charge on any atom is -0.345 e. The molecule has 2 N–H and O–H groups in total. The summed E-state index contributed by atoms with van der Waals surface area (Å²) in [6.45, 7) is 0. The molecule has 2 amide bonds. The number of carbonyl (C=O) groups excluding carboxylic acids is 2. The Bertz CT molecular complexity index is 1190. The van der Waals surface area contributed by atoms with Crippen LogP contribution in [-0.2, 0) is 4.79 Å². The van der Waals surface area contributed by atoms with E-state index in [-0.39, 0.29) is 18.2 Å². The molecule has 0 aliphatic rings. The second-order valence-corrected chi connectivity index (χ2v) is 7.43. The van der Waals surface area contributed by atoms with E-state index in [1.165, 1.54) is 0 Å². The number of hydrogen-bond donors (Lipinski definition) is 2. The van der Waals surface area contributed by atoms with E-state index in [0.29, 0.717) is 22.1 Å². The third kappa shape index (κ3) is 5.19. The minimum absolute atomic E-state index is 0.0428. The Morgan fingerprint density at radius 2 is 1.75 bits per heavy atom. The number of anilines is 1. The van der Waals surface area contributed by atoms with E-state index in [2.05, 4.69) is 20.7 Å². The van der Waals surface area contributed by atoms with Crippen LogP contribution in [0.2, 0.25) is 5.02 Å². The lowest BCUT2D eigenvalue weighted by atomic mass is 10.0. The van der Waals surface area contributed by atoms with Crippen LogP contribution in [0.25, 0.3) is 5.82 Å². The first-order chi connectivity index (χ1) is 15.6. The van der Waals surface area contributed by atoms with Crippen LogP contribution in [-0.4, -0.2) is 26.6 Å². The zero-order valence-corrected chi connectivity index (χ0v) is 17.7. The molecule has 32 heavy (non-hydrogen) atoms. The van der Waals surface area contributed by atoms with Gasteiger partial charge >= 0.3 is 0 Å². The Hall–Kier alpha value is -3.97. The molecule has 4 aromatic rings. The molecule has 1 unspecified atom stereocenters. The molecular weight excluding hydrogens is 426 g/mol. The number of amides is 2. The third-order valence-electron chi connectivity index (χ3n) is 4.79. The highest BCUT2D eigenvalue weighted by molar-refractivity contribution is 6.33. The van der Waals surface area contributed by atoms with Crippen LogP contribution in [0.3, 0.4) is 0 Å². The van der Waals surface area contributed by atoms with E-state index in [1.807, 2.05) is 30.3 Å². The molecular formula is C24H20ClN5O2. The van der Waals surface area contributed by atoms with Crippen LogP contribution < -0.4 is 10.6 Å². The normalized spacial score (nSPS) is 11.5. The van der Waals surface area contributed by atoms with Gasteiger partial charge < -0.3 is 10.6 Å². The lowest BCUT2D eigenvalue weighted by molar-refractivity contribution is -0.116. The van der Waals surface area contributed by atoms with Gasteiger partial charge in [0.05, 0.1) is 34.9 Å². The van der Waals surface area contributed by atoms with Crippen molar-refractivity contribution in [1.82, 2.24) is 20.1 Å². The summed E-state index contributed by atoms with van der Waals surface area (Å²) < 4.78 is 1.63. The van der Waals surface area contributed by atoms with E-state index in [9.17, 15) is 9.59 Å². The maximum atomic E-state index is 12.8. The molecule has 2 aromatic heterocycles. The fraction of sp³-hybridized carbons (Fsp3) is 0.0833. The lowest BCUT2D eigenvalue weighted by Gasteiger charge is -2.19. The summed E-state index contributed by atoms with van der Waals surface area (Å²) in [5.74, 6) is 0.0385. The smallest absolute Gasteiger partial charge is 0.253 e. The fourth-order valence-corrected chi connectivity index (χ4v) is 3.44. The Balaban J connectivity index is 1.46. The van der Waals surface area contributed by atoms with E-state index in [0.717, 1.165) is 5.56 Å². The average Bonchev–Trinajstić information content (AvgIpc) is 3.35. The molecule has 0 fully saturated rings. The molecule has 0 saturated carbocycles. The molecule has 0 saturated heterocycles. The summed E-state index contributed by atoms with van der Waals surface area (Å²) in [7, 11) is 0. The number of halogens is 1. The van der Waals surface area contributed by atoms with E-state index in [4.69, 9.17) is 11.6 Å². The van der Waals surface area contributed by atoms with E-state index < -0.39 is 6.04 Å². The molecule has 0 bridgehead atoms. The first-order valence-corrected chi connectivity index (χ1v) is 10.3. The van der Waals surface area contributed by atoms with E-state index in [1.54, 1.807) is 65.7 Å². The first-order valence-electron chi connectivity index (χ1n) is 9.96. The average molecular weight is 446 g/mol. The van der Waals surface area contributed by atoms with Crippen molar-refractivity contribution in [2.75, 3.05) is 5.32 Å². The molecule has 4 rings (SSSR count).